The van der Waals surface area contributed by atoms with E-state index in [2.05, 4.69) is 35.9 Å². The maximum atomic E-state index is 11.1. The summed E-state index contributed by atoms with van der Waals surface area (Å²) in [5, 5.41) is 2.77. The zero-order valence-corrected chi connectivity index (χ0v) is 10.3. The Balaban J connectivity index is 2.30. The zero-order chi connectivity index (χ0) is 12.0. The van der Waals surface area contributed by atoms with Crippen molar-refractivity contribution in [2.45, 2.75) is 26.3 Å². The van der Waals surface area contributed by atoms with Gasteiger partial charge in [0.05, 0.1) is 13.2 Å². The maximum Gasteiger partial charge on any atom is 0.295 e. The molecule has 1 heterocycles. The van der Waals surface area contributed by atoms with Crippen LogP contribution in [0.1, 0.15) is 20.8 Å². The summed E-state index contributed by atoms with van der Waals surface area (Å²) in [5.74, 6) is 4.84. The number of nitrogens with zero attached hydrogens (tertiary/aromatic N) is 1. The van der Waals surface area contributed by atoms with E-state index >= 15 is 0 Å². The number of carbonyl (C=O) groups excluding carboxylic acids is 1. The fourth-order valence-electron chi connectivity index (χ4n) is 1.77. The molecule has 0 aromatic rings. The van der Waals surface area contributed by atoms with Gasteiger partial charge in [-0.05, 0) is 26.7 Å². The van der Waals surface area contributed by atoms with Gasteiger partial charge in [-0.3, -0.25) is 9.69 Å². The first-order valence-electron chi connectivity index (χ1n) is 5.59. The van der Waals surface area contributed by atoms with E-state index in [0.29, 0.717) is 6.54 Å². The van der Waals surface area contributed by atoms with Gasteiger partial charge in [-0.1, -0.05) is 5.92 Å². The van der Waals surface area contributed by atoms with E-state index in [4.69, 9.17) is 4.74 Å². The molecule has 1 rings (SSSR count). The molecule has 1 fully saturated rings. The smallest absolute Gasteiger partial charge is 0.295 e. The highest BCUT2D eigenvalue weighted by atomic mass is 16.5. The Morgan fingerprint density at radius 2 is 2.31 bits per heavy atom. The van der Waals surface area contributed by atoms with Crippen LogP contribution < -0.4 is 5.32 Å². The lowest BCUT2D eigenvalue weighted by Gasteiger charge is -2.42. The van der Waals surface area contributed by atoms with Gasteiger partial charge >= 0.3 is 0 Å². The lowest BCUT2D eigenvalue weighted by Crippen LogP contribution is -2.54. The molecule has 0 bridgehead atoms. The van der Waals surface area contributed by atoms with E-state index in [9.17, 15) is 4.79 Å². The number of amides is 1. The molecule has 4 nitrogen and oxygen atoms in total. The normalized spacial score (nSPS) is 19.7. The number of morpholine rings is 1. The van der Waals surface area contributed by atoms with Gasteiger partial charge in [0.2, 0.25) is 0 Å². The molecule has 1 aliphatic rings. The van der Waals surface area contributed by atoms with Gasteiger partial charge in [0, 0.05) is 25.2 Å². The van der Waals surface area contributed by atoms with Crippen LogP contribution in [0.3, 0.4) is 0 Å². The minimum atomic E-state index is -0.200. The predicted molar refractivity (Wildman–Crippen MR) is 62.9 cm³/mol. The molecule has 0 aromatic heterocycles. The quantitative estimate of drug-likeness (QED) is 0.698. The Hall–Kier alpha value is -1.05. The Kier molecular flexibility index (Phi) is 4.78. The zero-order valence-electron chi connectivity index (χ0n) is 10.3. The lowest BCUT2D eigenvalue weighted by atomic mass is 10.0. The van der Waals surface area contributed by atoms with E-state index in [1.54, 1.807) is 6.92 Å². The highest BCUT2D eigenvalue weighted by molar-refractivity contribution is 5.93. The Morgan fingerprint density at radius 1 is 1.56 bits per heavy atom. The molecular formula is C12H20N2O2. The van der Waals surface area contributed by atoms with E-state index in [1.807, 2.05) is 0 Å². The van der Waals surface area contributed by atoms with Crippen LogP contribution in [0.5, 0.6) is 0 Å². The van der Waals surface area contributed by atoms with Crippen LogP contribution in [0.4, 0.5) is 0 Å². The number of carbonyl (C=O) groups is 1. The second-order valence-corrected chi connectivity index (χ2v) is 4.48. The number of hydrogen-bond donors (Lipinski definition) is 1. The molecule has 16 heavy (non-hydrogen) atoms. The van der Waals surface area contributed by atoms with Crippen molar-refractivity contribution in [3.63, 3.8) is 0 Å². The molecule has 0 radical (unpaired) electrons. The molecule has 1 saturated heterocycles. The molecule has 0 spiro atoms. The second kappa shape index (κ2) is 5.88. The molecule has 1 aliphatic heterocycles. The standard InChI is InChI=1S/C12H20N2O2/c1-4-5-11(15)13-6-7-14-8-9-16-10-12(14,2)3/h6-10H2,1-3H3,(H,13,15). The van der Waals surface area contributed by atoms with Crippen molar-refractivity contribution in [1.29, 1.82) is 0 Å². The van der Waals surface area contributed by atoms with Crippen molar-refractivity contribution < 1.29 is 9.53 Å². The summed E-state index contributed by atoms with van der Waals surface area (Å²) in [7, 11) is 0. The van der Waals surface area contributed by atoms with E-state index in [1.165, 1.54) is 0 Å². The lowest BCUT2D eigenvalue weighted by molar-refractivity contribution is -0.116. The topological polar surface area (TPSA) is 41.6 Å². The summed E-state index contributed by atoms with van der Waals surface area (Å²) in [5.41, 5.74) is 0.0550. The molecule has 0 unspecified atom stereocenters. The predicted octanol–water partition coefficient (Wildman–Crippen LogP) is 0.237. The van der Waals surface area contributed by atoms with Gasteiger partial charge in [-0.25, -0.2) is 0 Å². The van der Waals surface area contributed by atoms with Gasteiger partial charge in [0.15, 0.2) is 0 Å². The first kappa shape index (κ1) is 13.0. The second-order valence-electron chi connectivity index (χ2n) is 4.48. The number of nitrogens with one attached hydrogen (secondary N) is 1. The van der Waals surface area contributed by atoms with Crippen LogP contribution in [-0.4, -0.2) is 49.2 Å². The van der Waals surface area contributed by atoms with Crippen LogP contribution in [0, 0.1) is 11.8 Å². The fraction of sp³-hybridized carbons (Fsp3) is 0.750. The SMILES string of the molecule is CC#CC(=O)NCCN1CCOCC1(C)C. The van der Waals surface area contributed by atoms with Crippen molar-refractivity contribution in [3.05, 3.63) is 0 Å². The Morgan fingerprint density at radius 3 is 2.94 bits per heavy atom. The van der Waals surface area contributed by atoms with E-state index in [0.717, 1.165) is 26.3 Å². The third-order valence-electron chi connectivity index (χ3n) is 2.72. The first-order valence-corrected chi connectivity index (χ1v) is 5.59. The molecule has 4 heteroatoms. The minimum Gasteiger partial charge on any atom is -0.378 e. The Labute approximate surface area is 97.3 Å². The van der Waals surface area contributed by atoms with Crippen LogP contribution in [-0.2, 0) is 9.53 Å². The van der Waals surface area contributed by atoms with Gasteiger partial charge in [-0.2, -0.15) is 0 Å². The van der Waals surface area contributed by atoms with Crippen LogP contribution >= 0.6 is 0 Å². The first-order chi connectivity index (χ1) is 7.56. The molecule has 0 saturated carbocycles. The third-order valence-corrected chi connectivity index (χ3v) is 2.72. The number of hydrogen-bond acceptors (Lipinski definition) is 3. The molecule has 90 valence electrons. The molecular weight excluding hydrogens is 204 g/mol. The van der Waals surface area contributed by atoms with Crippen LogP contribution in [0.25, 0.3) is 0 Å². The highest BCUT2D eigenvalue weighted by Gasteiger charge is 2.29. The monoisotopic (exact) mass is 224 g/mol. The summed E-state index contributed by atoms with van der Waals surface area (Å²) in [6.07, 6.45) is 0. The van der Waals surface area contributed by atoms with Crippen LogP contribution in [0.2, 0.25) is 0 Å². The van der Waals surface area contributed by atoms with Crippen molar-refractivity contribution in [2.75, 3.05) is 32.8 Å². The van der Waals surface area contributed by atoms with E-state index < -0.39 is 0 Å². The molecule has 0 atom stereocenters. The molecule has 0 aromatic carbocycles. The highest BCUT2D eigenvalue weighted by Crippen LogP contribution is 2.17. The third kappa shape index (κ3) is 3.84. The van der Waals surface area contributed by atoms with Crippen molar-refractivity contribution >= 4 is 5.91 Å². The fourth-order valence-corrected chi connectivity index (χ4v) is 1.77. The average Bonchev–Trinajstić information content (AvgIpc) is 2.21. The van der Waals surface area contributed by atoms with Crippen molar-refractivity contribution in [1.82, 2.24) is 10.2 Å². The summed E-state index contributed by atoms with van der Waals surface area (Å²) in [6.45, 7) is 9.87. The molecule has 0 aliphatic carbocycles. The van der Waals surface area contributed by atoms with Gasteiger partial charge < -0.3 is 10.1 Å². The minimum absolute atomic E-state index is 0.0550. The molecule has 1 amide bonds. The number of rotatable bonds is 3. The summed E-state index contributed by atoms with van der Waals surface area (Å²) in [4.78, 5) is 13.4. The van der Waals surface area contributed by atoms with Crippen molar-refractivity contribution in [2.24, 2.45) is 0 Å². The summed E-state index contributed by atoms with van der Waals surface area (Å²) >= 11 is 0. The van der Waals surface area contributed by atoms with Gasteiger partial charge in [0.1, 0.15) is 0 Å². The van der Waals surface area contributed by atoms with E-state index in [-0.39, 0.29) is 11.4 Å². The summed E-state index contributed by atoms with van der Waals surface area (Å²) in [6, 6.07) is 0. The van der Waals surface area contributed by atoms with Crippen LogP contribution in [0.15, 0.2) is 0 Å². The average molecular weight is 224 g/mol. The van der Waals surface area contributed by atoms with Crippen molar-refractivity contribution in [3.8, 4) is 11.8 Å². The Bertz CT molecular complexity index is 302. The maximum absolute atomic E-state index is 11.1. The van der Waals surface area contributed by atoms with Gasteiger partial charge in [0.25, 0.3) is 5.91 Å². The largest absolute Gasteiger partial charge is 0.378 e. The number of ether oxygens (including phenoxy) is 1. The van der Waals surface area contributed by atoms with Gasteiger partial charge in [-0.15, -0.1) is 0 Å². The summed E-state index contributed by atoms with van der Waals surface area (Å²) < 4.78 is 5.43. The molecule has 1 N–H and O–H groups in total.